The van der Waals surface area contributed by atoms with Gasteiger partial charge in [-0.05, 0) is 50.2 Å². The largest absolute Gasteiger partial charge is 0.315 e. The van der Waals surface area contributed by atoms with Gasteiger partial charge in [-0.15, -0.1) is 10.2 Å². The molecular weight excluding hydrogens is 452 g/mol. The molecule has 0 spiro atoms. The van der Waals surface area contributed by atoms with Gasteiger partial charge in [-0.1, -0.05) is 46.8 Å². The molecule has 0 radical (unpaired) electrons. The molecule has 0 atom stereocenters. The summed E-state index contributed by atoms with van der Waals surface area (Å²) < 4.78 is 3.50. The van der Waals surface area contributed by atoms with Crippen molar-refractivity contribution in [1.82, 2.24) is 40.6 Å². The van der Waals surface area contributed by atoms with E-state index >= 15 is 0 Å². The van der Waals surface area contributed by atoms with Crippen LogP contribution in [0.4, 0.5) is 0 Å². The molecule has 0 bridgehead atoms. The summed E-state index contributed by atoms with van der Waals surface area (Å²) in [5.74, 6) is 0. The Balaban J connectivity index is 0.979. The molecule has 0 aliphatic heterocycles. The maximum absolute atomic E-state index is 4.44. The SMILES string of the molecule is C(=NCCCNCCNCCCN=Cc1cn(-c2ccccc2)nn1)c1cn(-c2ccccc2)nn1. The molecule has 4 aromatic rings. The van der Waals surface area contributed by atoms with Gasteiger partial charge in [-0.2, -0.15) is 0 Å². The molecule has 186 valence electrons. The van der Waals surface area contributed by atoms with Gasteiger partial charge in [0.2, 0.25) is 0 Å². The number of nitrogens with one attached hydrogen (secondary N) is 2. The van der Waals surface area contributed by atoms with E-state index in [1.807, 2.05) is 73.1 Å². The first-order chi connectivity index (χ1) is 17.9. The average Bonchev–Trinajstić information content (AvgIpc) is 3.60. The molecule has 2 N–H and O–H groups in total. The van der Waals surface area contributed by atoms with E-state index < -0.39 is 0 Å². The Kier molecular flexibility index (Phi) is 10.0. The number of hydrogen-bond donors (Lipinski definition) is 2. The molecular formula is C26H32N10. The predicted octanol–water partition coefficient (Wildman–Crippen LogP) is 2.35. The van der Waals surface area contributed by atoms with Crippen LogP contribution in [0, 0.1) is 0 Å². The minimum Gasteiger partial charge on any atom is -0.315 e. The van der Waals surface area contributed by atoms with Gasteiger partial charge in [0.25, 0.3) is 0 Å². The smallest absolute Gasteiger partial charge is 0.124 e. The number of aromatic nitrogens is 6. The Labute approximate surface area is 211 Å². The van der Waals surface area contributed by atoms with E-state index in [2.05, 4.69) is 41.2 Å². The Morgan fingerprint density at radius 2 is 1.06 bits per heavy atom. The van der Waals surface area contributed by atoms with E-state index in [0.717, 1.165) is 74.9 Å². The van der Waals surface area contributed by atoms with Crippen LogP contribution in [-0.4, -0.2) is 81.7 Å². The van der Waals surface area contributed by atoms with Gasteiger partial charge in [0.15, 0.2) is 0 Å². The van der Waals surface area contributed by atoms with Crippen LogP contribution in [0.25, 0.3) is 11.4 Å². The first-order valence-electron chi connectivity index (χ1n) is 12.2. The molecule has 0 fully saturated rings. The molecule has 2 aromatic heterocycles. The fraction of sp³-hybridized carbons (Fsp3) is 0.308. The molecule has 2 aromatic carbocycles. The maximum Gasteiger partial charge on any atom is 0.124 e. The average molecular weight is 485 g/mol. The quantitative estimate of drug-likeness (QED) is 0.198. The number of para-hydroxylation sites is 2. The summed E-state index contributed by atoms with van der Waals surface area (Å²) in [4.78, 5) is 8.89. The third-order valence-electron chi connectivity index (χ3n) is 5.27. The predicted molar refractivity (Wildman–Crippen MR) is 143 cm³/mol. The van der Waals surface area contributed by atoms with Crippen LogP contribution in [0.3, 0.4) is 0 Å². The lowest BCUT2D eigenvalue weighted by atomic mass is 10.3. The van der Waals surface area contributed by atoms with E-state index in [0.29, 0.717) is 0 Å². The van der Waals surface area contributed by atoms with Crippen molar-refractivity contribution in [3.05, 3.63) is 84.4 Å². The third-order valence-corrected chi connectivity index (χ3v) is 5.27. The molecule has 0 saturated carbocycles. The zero-order valence-electron chi connectivity index (χ0n) is 20.3. The van der Waals surface area contributed by atoms with Crippen LogP contribution in [0.5, 0.6) is 0 Å². The van der Waals surface area contributed by atoms with E-state index in [1.54, 1.807) is 21.8 Å². The van der Waals surface area contributed by atoms with Crippen molar-refractivity contribution in [2.24, 2.45) is 9.98 Å². The Hall–Kier alpha value is -4.02. The second kappa shape index (κ2) is 14.4. The van der Waals surface area contributed by atoms with Crippen molar-refractivity contribution in [2.75, 3.05) is 39.3 Å². The summed E-state index contributed by atoms with van der Waals surface area (Å²) in [6.45, 7) is 5.25. The molecule has 36 heavy (non-hydrogen) atoms. The van der Waals surface area contributed by atoms with Crippen molar-refractivity contribution >= 4 is 12.4 Å². The molecule has 0 unspecified atom stereocenters. The van der Waals surface area contributed by atoms with E-state index in [1.165, 1.54) is 0 Å². The topological polar surface area (TPSA) is 110 Å². The molecule has 0 saturated heterocycles. The highest BCUT2D eigenvalue weighted by atomic mass is 15.4. The zero-order valence-corrected chi connectivity index (χ0v) is 20.3. The van der Waals surface area contributed by atoms with Gasteiger partial charge >= 0.3 is 0 Å². The molecule has 0 amide bonds. The van der Waals surface area contributed by atoms with Gasteiger partial charge in [0.05, 0.1) is 36.2 Å². The summed E-state index contributed by atoms with van der Waals surface area (Å²) in [5, 5.41) is 23.4. The van der Waals surface area contributed by atoms with Crippen LogP contribution in [0.15, 0.2) is 83.0 Å². The Bertz CT molecular complexity index is 1100. The zero-order chi connectivity index (χ0) is 24.7. The van der Waals surface area contributed by atoms with E-state index in [9.17, 15) is 0 Å². The van der Waals surface area contributed by atoms with Crippen LogP contribution in [0.2, 0.25) is 0 Å². The lowest BCUT2D eigenvalue weighted by molar-refractivity contribution is 0.591. The standard InChI is InChI=1S/C26H32N10/c1-3-9-25(10-4-1)35-21-23(31-33-35)19-29-15-7-13-27-17-18-28-14-8-16-30-20-24-22-36(34-32-24)26-11-5-2-6-12-26/h1-6,9-12,19-22,27-28H,7-8,13-18H2. The summed E-state index contributed by atoms with van der Waals surface area (Å²) in [7, 11) is 0. The van der Waals surface area contributed by atoms with Gasteiger partial charge in [0, 0.05) is 26.2 Å². The van der Waals surface area contributed by atoms with Crippen molar-refractivity contribution in [1.29, 1.82) is 0 Å². The lowest BCUT2D eigenvalue weighted by Gasteiger charge is -2.05. The highest BCUT2D eigenvalue weighted by Crippen LogP contribution is 2.05. The highest BCUT2D eigenvalue weighted by molar-refractivity contribution is 5.76. The van der Waals surface area contributed by atoms with Gasteiger partial charge in [0.1, 0.15) is 11.4 Å². The summed E-state index contributed by atoms with van der Waals surface area (Å²) in [6, 6.07) is 19.8. The second-order valence-corrected chi connectivity index (χ2v) is 8.12. The summed E-state index contributed by atoms with van der Waals surface area (Å²) >= 11 is 0. The van der Waals surface area contributed by atoms with Gasteiger partial charge in [-0.3, -0.25) is 9.98 Å². The molecule has 2 heterocycles. The number of nitrogens with zero attached hydrogens (tertiary/aromatic N) is 8. The first-order valence-corrected chi connectivity index (χ1v) is 12.2. The van der Waals surface area contributed by atoms with Crippen LogP contribution >= 0.6 is 0 Å². The highest BCUT2D eigenvalue weighted by Gasteiger charge is 2.00. The van der Waals surface area contributed by atoms with Crippen LogP contribution < -0.4 is 10.6 Å². The fourth-order valence-electron chi connectivity index (χ4n) is 3.42. The number of aliphatic imine (C=N–C) groups is 2. The lowest BCUT2D eigenvalue weighted by Crippen LogP contribution is -2.29. The molecule has 4 rings (SSSR count). The van der Waals surface area contributed by atoms with E-state index in [-0.39, 0.29) is 0 Å². The van der Waals surface area contributed by atoms with Crippen LogP contribution in [0.1, 0.15) is 24.2 Å². The van der Waals surface area contributed by atoms with Gasteiger partial charge < -0.3 is 10.6 Å². The van der Waals surface area contributed by atoms with Crippen molar-refractivity contribution < 1.29 is 0 Å². The number of rotatable bonds is 15. The number of benzene rings is 2. The Morgan fingerprint density at radius 1 is 0.611 bits per heavy atom. The maximum atomic E-state index is 4.44. The second-order valence-electron chi connectivity index (χ2n) is 8.12. The fourth-order valence-corrected chi connectivity index (χ4v) is 3.42. The summed E-state index contributed by atoms with van der Waals surface area (Å²) in [5.41, 5.74) is 3.50. The normalized spacial score (nSPS) is 11.7. The molecule has 0 aliphatic carbocycles. The summed E-state index contributed by atoms with van der Waals surface area (Å²) in [6.07, 6.45) is 9.28. The Morgan fingerprint density at radius 3 is 1.50 bits per heavy atom. The van der Waals surface area contributed by atoms with Crippen LogP contribution in [-0.2, 0) is 0 Å². The van der Waals surface area contributed by atoms with Crippen molar-refractivity contribution in [3.8, 4) is 11.4 Å². The monoisotopic (exact) mass is 484 g/mol. The minimum atomic E-state index is 0.760. The van der Waals surface area contributed by atoms with Gasteiger partial charge in [-0.25, -0.2) is 9.36 Å². The minimum absolute atomic E-state index is 0.760. The van der Waals surface area contributed by atoms with Crippen molar-refractivity contribution in [2.45, 2.75) is 12.8 Å². The number of hydrogen-bond acceptors (Lipinski definition) is 8. The molecule has 10 nitrogen and oxygen atoms in total. The molecule has 0 aliphatic rings. The third kappa shape index (κ3) is 8.33. The van der Waals surface area contributed by atoms with E-state index in [4.69, 9.17) is 0 Å². The van der Waals surface area contributed by atoms with Crippen molar-refractivity contribution in [3.63, 3.8) is 0 Å². The molecule has 10 heteroatoms. The first kappa shape index (κ1) is 25.1.